The van der Waals surface area contributed by atoms with Crippen molar-refractivity contribution in [1.29, 1.82) is 0 Å². The summed E-state index contributed by atoms with van der Waals surface area (Å²) in [5, 5.41) is 6.03. The van der Waals surface area contributed by atoms with E-state index < -0.39 is 0 Å². The molecule has 1 atom stereocenters. The molecule has 0 aliphatic heterocycles. The van der Waals surface area contributed by atoms with Crippen molar-refractivity contribution in [3.05, 3.63) is 23.4 Å². The first-order valence-electron chi connectivity index (χ1n) is 6.78. The minimum absolute atomic E-state index is 0.0454. The van der Waals surface area contributed by atoms with E-state index in [1.54, 1.807) is 17.8 Å². The largest absolute Gasteiger partial charge is 0.373 e. The second-order valence-corrected chi connectivity index (χ2v) is 6.87. The summed E-state index contributed by atoms with van der Waals surface area (Å²) in [4.78, 5) is 16.8. The van der Waals surface area contributed by atoms with E-state index in [9.17, 15) is 4.79 Å². The van der Waals surface area contributed by atoms with Gasteiger partial charge in [0.25, 0.3) is 5.91 Å². The standard InChI is InChI=1S/C15H25N3OS/c1-10(9-20-6)17-14(19)11-7-12(15(2,3)4)18-13(8-11)16-5/h7-8,10H,9H2,1-6H3,(H,16,18)(H,17,19). The summed E-state index contributed by atoms with van der Waals surface area (Å²) in [5.41, 5.74) is 1.47. The van der Waals surface area contributed by atoms with Crippen molar-refractivity contribution in [1.82, 2.24) is 10.3 Å². The van der Waals surface area contributed by atoms with Crippen LogP contribution in [0, 0.1) is 0 Å². The molecule has 1 unspecified atom stereocenters. The van der Waals surface area contributed by atoms with Crippen molar-refractivity contribution in [3.63, 3.8) is 0 Å². The number of aromatic nitrogens is 1. The summed E-state index contributed by atoms with van der Waals surface area (Å²) < 4.78 is 0. The number of anilines is 1. The third-order valence-corrected chi connectivity index (χ3v) is 3.74. The molecule has 4 nitrogen and oxygen atoms in total. The molecule has 1 aromatic rings. The Balaban J connectivity index is 3.02. The van der Waals surface area contributed by atoms with Crippen LogP contribution in [0.1, 0.15) is 43.7 Å². The summed E-state index contributed by atoms with van der Waals surface area (Å²) in [6.45, 7) is 8.28. The van der Waals surface area contributed by atoms with Crippen LogP contribution in [0.25, 0.3) is 0 Å². The van der Waals surface area contributed by atoms with Crippen LogP contribution >= 0.6 is 11.8 Å². The maximum atomic E-state index is 12.3. The lowest BCUT2D eigenvalue weighted by molar-refractivity contribution is 0.0943. The monoisotopic (exact) mass is 295 g/mol. The molecule has 1 aromatic heterocycles. The molecule has 0 fully saturated rings. The van der Waals surface area contributed by atoms with Gasteiger partial charge in [0, 0.05) is 35.5 Å². The van der Waals surface area contributed by atoms with Crippen molar-refractivity contribution in [2.24, 2.45) is 0 Å². The minimum atomic E-state index is -0.0905. The normalized spacial score (nSPS) is 12.9. The van der Waals surface area contributed by atoms with E-state index in [1.165, 1.54) is 0 Å². The fourth-order valence-electron chi connectivity index (χ4n) is 1.77. The van der Waals surface area contributed by atoms with E-state index in [2.05, 4.69) is 36.4 Å². The van der Waals surface area contributed by atoms with Crippen LogP contribution in [0.3, 0.4) is 0 Å². The molecule has 5 heteroatoms. The molecular weight excluding hydrogens is 270 g/mol. The molecule has 0 saturated heterocycles. The van der Waals surface area contributed by atoms with Crippen molar-refractivity contribution in [2.75, 3.05) is 24.4 Å². The van der Waals surface area contributed by atoms with Gasteiger partial charge in [0.1, 0.15) is 5.82 Å². The number of rotatable bonds is 5. The predicted molar refractivity (Wildman–Crippen MR) is 87.8 cm³/mol. The number of hydrogen-bond acceptors (Lipinski definition) is 4. The maximum absolute atomic E-state index is 12.3. The number of pyridine rings is 1. The van der Waals surface area contributed by atoms with Gasteiger partial charge in [-0.1, -0.05) is 20.8 Å². The quantitative estimate of drug-likeness (QED) is 0.877. The van der Waals surface area contributed by atoms with Gasteiger partial charge in [0.05, 0.1) is 0 Å². The van der Waals surface area contributed by atoms with Crippen molar-refractivity contribution < 1.29 is 4.79 Å². The lowest BCUT2D eigenvalue weighted by atomic mass is 9.90. The molecule has 0 aliphatic rings. The van der Waals surface area contributed by atoms with Crippen LogP contribution in [0.2, 0.25) is 0 Å². The van der Waals surface area contributed by atoms with Gasteiger partial charge < -0.3 is 10.6 Å². The van der Waals surface area contributed by atoms with Gasteiger partial charge in [-0.05, 0) is 25.3 Å². The number of carbonyl (C=O) groups is 1. The maximum Gasteiger partial charge on any atom is 0.251 e. The highest BCUT2D eigenvalue weighted by atomic mass is 32.2. The molecule has 0 aliphatic carbocycles. The molecule has 0 aromatic carbocycles. The van der Waals surface area contributed by atoms with E-state index in [-0.39, 0.29) is 17.4 Å². The highest BCUT2D eigenvalue weighted by Crippen LogP contribution is 2.23. The summed E-state index contributed by atoms with van der Waals surface area (Å²) in [6.07, 6.45) is 2.03. The first kappa shape index (κ1) is 16.8. The summed E-state index contributed by atoms with van der Waals surface area (Å²) in [7, 11) is 1.81. The predicted octanol–water partition coefficient (Wildman–Crippen LogP) is 2.90. The SMILES string of the molecule is CNc1cc(C(=O)NC(C)CSC)cc(C(C)(C)C)n1. The Hall–Kier alpha value is -1.23. The highest BCUT2D eigenvalue weighted by molar-refractivity contribution is 7.98. The van der Waals surface area contributed by atoms with Crippen LogP contribution in [0.15, 0.2) is 12.1 Å². The molecule has 0 saturated carbocycles. The highest BCUT2D eigenvalue weighted by Gasteiger charge is 2.19. The number of amides is 1. The molecule has 112 valence electrons. The van der Waals surface area contributed by atoms with Crippen molar-refractivity contribution >= 4 is 23.5 Å². The second-order valence-electron chi connectivity index (χ2n) is 5.96. The Morgan fingerprint density at radius 3 is 2.55 bits per heavy atom. The number of nitrogens with one attached hydrogen (secondary N) is 2. The number of hydrogen-bond donors (Lipinski definition) is 2. The average Bonchev–Trinajstić information content (AvgIpc) is 2.37. The van der Waals surface area contributed by atoms with Gasteiger partial charge in [0.15, 0.2) is 0 Å². The fraction of sp³-hybridized carbons (Fsp3) is 0.600. The lowest BCUT2D eigenvalue weighted by Crippen LogP contribution is -2.34. The van der Waals surface area contributed by atoms with Gasteiger partial charge in [-0.2, -0.15) is 11.8 Å². The minimum Gasteiger partial charge on any atom is -0.373 e. The number of nitrogens with zero attached hydrogens (tertiary/aromatic N) is 1. The van der Waals surface area contributed by atoms with E-state index in [0.29, 0.717) is 5.56 Å². The van der Waals surface area contributed by atoms with Gasteiger partial charge in [-0.25, -0.2) is 4.98 Å². The van der Waals surface area contributed by atoms with E-state index in [4.69, 9.17) is 0 Å². The zero-order valence-corrected chi connectivity index (χ0v) is 14.0. The first-order valence-corrected chi connectivity index (χ1v) is 8.17. The Kier molecular flexibility index (Phi) is 5.87. The Morgan fingerprint density at radius 2 is 2.05 bits per heavy atom. The Morgan fingerprint density at radius 1 is 1.40 bits per heavy atom. The summed E-state index contributed by atoms with van der Waals surface area (Å²) >= 11 is 1.72. The van der Waals surface area contributed by atoms with Crippen LogP contribution in [-0.2, 0) is 5.41 Å². The average molecular weight is 295 g/mol. The molecule has 1 amide bonds. The molecule has 0 bridgehead atoms. The van der Waals surface area contributed by atoms with Gasteiger partial charge >= 0.3 is 0 Å². The molecule has 1 heterocycles. The van der Waals surface area contributed by atoms with E-state index in [1.807, 2.05) is 26.3 Å². The van der Waals surface area contributed by atoms with Crippen LogP contribution in [0.5, 0.6) is 0 Å². The summed E-state index contributed by atoms with van der Waals surface area (Å²) in [5.74, 6) is 1.58. The molecule has 2 N–H and O–H groups in total. The van der Waals surface area contributed by atoms with Gasteiger partial charge in [-0.3, -0.25) is 4.79 Å². The molecule has 0 radical (unpaired) electrons. The fourth-order valence-corrected chi connectivity index (χ4v) is 2.36. The zero-order valence-electron chi connectivity index (χ0n) is 13.2. The molecular formula is C15H25N3OS. The second kappa shape index (κ2) is 6.97. The first-order chi connectivity index (χ1) is 9.27. The van der Waals surface area contributed by atoms with Gasteiger partial charge in [0.2, 0.25) is 0 Å². The number of thioether (sulfide) groups is 1. The third-order valence-electron chi connectivity index (χ3n) is 2.91. The van der Waals surface area contributed by atoms with E-state index >= 15 is 0 Å². The Bertz CT molecular complexity index is 469. The van der Waals surface area contributed by atoms with Crippen molar-refractivity contribution in [2.45, 2.75) is 39.2 Å². The Labute approximate surface area is 126 Å². The van der Waals surface area contributed by atoms with E-state index in [0.717, 1.165) is 17.3 Å². The number of carbonyl (C=O) groups excluding carboxylic acids is 1. The van der Waals surface area contributed by atoms with Crippen LogP contribution < -0.4 is 10.6 Å². The van der Waals surface area contributed by atoms with Gasteiger partial charge in [-0.15, -0.1) is 0 Å². The molecule has 1 rings (SSSR count). The zero-order chi connectivity index (χ0) is 15.3. The molecule has 0 spiro atoms. The van der Waals surface area contributed by atoms with Crippen molar-refractivity contribution in [3.8, 4) is 0 Å². The smallest absolute Gasteiger partial charge is 0.251 e. The third kappa shape index (κ3) is 4.71. The topological polar surface area (TPSA) is 54.0 Å². The molecule has 20 heavy (non-hydrogen) atoms. The lowest BCUT2D eigenvalue weighted by Gasteiger charge is -2.20. The van der Waals surface area contributed by atoms with Crippen LogP contribution in [-0.4, -0.2) is 36.0 Å². The van der Waals surface area contributed by atoms with Crippen LogP contribution in [0.4, 0.5) is 5.82 Å². The summed E-state index contributed by atoms with van der Waals surface area (Å²) in [6, 6.07) is 3.82.